The molecule has 1 aliphatic carbocycles. The van der Waals surface area contributed by atoms with E-state index in [-0.39, 0.29) is 5.41 Å². The fraction of sp³-hybridized carbons (Fsp3) is 0.0545. The molecular formula is C55H39N3. The summed E-state index contributed by atoms with van der Waals surface area (Å²) in [5, 5.41) is 2.52. The van der Waals surface area contributed by atoms with E-state index in [1.54, 1.807) is 0 Å². The third-order valence-corrected chi connectivity index (χ3v) is 12.0. The lowest BCUT2D eigenvalue weighted by Crippen LogP contribution is -2.15. The highest BCUT2D eigenvalue weighted by Crippen LogP contribution is 2.53. The number of para-hydroxylation sites is 2. The van der Waals surface area contributed by atoms with Gasteiger partial charge in [0, 0.05) is 38.6 Å². The average Bonchev–Trinajstić information content (AvgIpc) is 3.74. The minimum Gasteiger partial charge on any atom is -0.309 e. The molecule has 274 valence electrons. The van der Waals surface area contributed by atoms with Crippen molar-refractivity contribution < 1.29 is 0 Å². The monoisotopic (exact) mass is 741 g/mol. The molecule has 0 bridgehead atoms. The summed E-state index contributed by atoms with van der Waals surface area (Å²) in [7, 11) is 0. The largest absolute Gasteiger partial charge is 0.309 e. The summed E-state index contributed by atoms with van der Waals surface area (Å²) in [6.45, 7) is 4.73. The zero-order chi connectivity index (χ0) is 38.8. The zero-order valence-corrected chi connectivity index (χ0v) is 32.4. The number of aromatic nitrogens is 3. The van der Waals surface area contributed by atoms with E-state index in [1.807, 2.05) is 12.1 Å². The number of hydrogen-bond donors (Lipinski definition) is 0. The van der Waals surface area contributed by atoms with Gasteiger partial charge in [-0.15, -0.1) is 0 Å². The molecule has 0 atom stereocenters. The van der Waals surface area contributed by atoms with Crippen molar-refractivity contribution in [2.75, 3.05) is 0 Å². The molecule has 0 saturated heterocycles. The third-order valence-electron chi connectivity index (χ3n) is 12.0. The number of rotatable bonds is 6. The first-order valence-electron chi connectivity index (χ1n) is 20.0. The molecule has 58 heavy (non-hydrogen) atoms. The van der Waals surface area contributed by atoms with Gasteiger partial charge < -0.3 is 4.57 Å². The zero-order valence-electron chi connectivity index (χ0n) is 32.4. The van der Waals surface area contributed by atoms with E-state index in [0.717, 1.165) is 33.6 Å². The summed E-state index contributed by atoms with van der Waals surface area (Å²) in [6.07, 6.45) is 0. The van der Waals surface area contributed by atoms with Crippen LogP contribution in [-0.2, 0) is 5.41 Å². The molecule has 11 rings (SSSR count). The van der Waals surface area contributed by atoms with Crippen LogP contribution in [0.4, 0.5) is 0 Å². The molecule has 3 heteroatoms. The predicted octanol–water partition coefficient (Wildman–Crippen LogP) is 14.2. The number of nitrogens with zero attached hydrogens (tertiary/aromatic N) is 3. The first kappa shape index (κ1) is 33.9. The van der Waals surface area contributed by atoms with E-state index < -0.39 is 0 Å². The predicted molar refractivity (Wildman–Crippen MR) is 241 cm³/mol. The second-order valence-electron chi connectivity index (χ2n) is 15.8. The number of hydrogen-bond acceptors (Lipinski definition) is 2. The van der Waals surface area contributed by atoms with Crippen molar-refractivity contribution in [3.8, 4) is 73.0 Å². The molecule has 0 unspecified atom stereocenters. The molecular weight excluding hydrogens is 703 g/mol. The molecule has 8 aromatic carbocycles. The van der Waals surface area contributed by atoms with Crippen LogP contribution in [0.25, 0.3) is 94.8 Å². The molecule has 0 spiro atoms. The van der Waals surface area contributed by atoms with Crippen LogP contribution >= 0.6 is 0 Å². The van der Waals surface area contributed by atoms with Crippen molar-refractivity contribution in [3.63, 3.8) is 0 Å². The van der Waals surface area contributed by atoms with E-state index in [0.29, 0.717) is 5.82 Å². The summed E-state index contributed by atoms with van der Waals surface area (Å²) in [5.74, 6) is 0.712. The summed E-state index contributed by atoms with van der Waals surface area (Å²) in [6, 6.07) is 71.8. The van der Waals surface area contributed by atoms with Crippen LogP contribution in [0.5, 0.6) is 0 Å². The van der Waals surface area contributed by atoms with Crippen LogP contribution in [0.1, 0.15) is 25.0 Å². The molecule has 0 fully saturated rings. The molecule has 0 amide bonds. The van der Waals surface area contributed by atoms with Crippen molar-refractivity contribution >= 4 is 21.8 Å². The van der Waals surface area contributed by atoms with Gasteiger partial charge in [-0.05, 0) is 93.0 Å². The summed E-state index contributed by atoms with van der Waals surface area (Å²) in [5.41, 5.74) is 18.5. The first-order chi connectivity index (χ1) is 28.5. The Morgan fingerprint density at radius 1 is 0.379 bits per heavy atom. The Balaban J connectivity index is 1.01. The van der Waals surface area contributed by atoms with Crippen LogP contribution in [0.3, 0.4) is 0 Å². The molecule has 0 N–H and O–H groups in total. The van der Waals surface area contributed by atoms with Crippen LogP contribution in [-0.4, -0.2) is 14.5 Å². The lowest BCUT2D eigenvalue weighted by molar-refractivity contribution is 0.660. The molecule has 0 aliphatic heterocycles. The molecule has 0 radical (unpaired) electrons. The van der Waals surface area contributed by atoms with Gasteiger partial charge in [0.05, 0.1) is 22.4 Å². The topological polar surface area (TPSA) is 30.7 Å². The summed E-state index contributed by atoms with van der Waals surface area (Å²) >= 11 is 0. The van der Waals surface area contributed by atoms with Gasteiger partial charge in [0.1, 0.15) is 0 Å². The molecule has 2 aromatic heterocycles. The second-order valence-corrected chi connectivity index (χ2v) is 15.8. The molecule has 1 aliphatic rings. The van der Waals surface area contributed by atoms with Gasteiger partial charge in [0.15, 0.2) is 5.82 Å². The van der Waals surface area contributed by atoms with Crippen molar-refractivity contribution in [1.82, 2.24) is 14.5 Å². The fourth-order valence-corrected chi connectivity index (χ4v) is 9.13. The minimum atomic E-state index is -0.181. The maximum absolute atomic E-state index is 5.14. The van der Waals surface area contributed by atoms with Gasteiger partial charge in [-0.3, -0.25) is 0 Å². The third kappa shape index (κ3) is 5.50. The van der Waals surface area contributed by atoms with Gasteiger partial charge in [-0.2, -0.15) is 0 Å². The average molecular weight is 742 g/mol. The van der Waals surface area contributed by atoms with Gasteiger partial charge in [-0.25, -0.2) is 9.97 Å². The minimum absolute atomic E-state index is 0.181. The molecule has 0 saturated carbocycles. The summed E-state index contributed by atoms with van der Waals surface area (Å²) < 4.78 is 2.38. The Morgan fingerprint density at radius 2 is 0.966 bits per heavy atom. The fourth-order valence-electron chi connectivity index (χ4n) is 9.13. The number of benzene rings is 8. The number of fused-ring (bicyclic) bond motifs is 6. The van der Waals surface area contributed by atoms with Gasteiger partial charge in [0.2, 0.25) is 0 Å². The quantitative estimate of drug-likeness (QED) is 0.170. The Labute approximate surface area is 338 Å². The highest BCUT2D eigenvalue weighted by Gasteiger charge is 2.37. The maximum atomic E-state index is 5.14. The Bertz CT molecular complexity index is 3120. The highest BCUT2D eigenvalue weighted by atomic mass is 15.0. The van der Waals surface area contributed by atoms with Crippen molar-refractivity contribution in [2.45, 2.75) is 19.3 Å². The Morgan fingerprint density at radius 3 is 1.71 bits per heavy atom. The Kier molecular flexibility index (Phi) is 7.84. The van der Waals surface area contributed by atoms with Crippen LogP contribution in [0, 0.1) is 0 Å². The Hall–Kier alpha value is -7.36. The molecule has 3 nitrogen and oxygen atoms in total. The van der Waals surface area contributed by atoms with Gasteiger partial charge >= 0.3 is 0 Å². The van der Waals surface area contributed by atoms with E-state index >= 15 is 0 Å². The van der Waals surface area contributed by atoms with E-state index in [4.69, 9.17) is 9.97 Å². The standard InChI is InChI=1S/C55H39N3/c1-55(2)47-26-15-25-43(40-20-14-21-41(32-40)54-56-49(36-16-6-3-7-17-36)35-50(57-54)37-18-8-4-9-19-37)53(47)45-30-28-39(34-48(45)55)38-29-31-52-46(33-38)44-24-12-13-27-51(44)58(52)42-22-10-5-11-23-42/h3-35H,1-2H3. The lowest BCUT2D eigenvalue weighted by Gasteiger charge is -2.22. The van der Waals surface area contributed by atoms with E-state index in [1.165, 1.54) is 66.4 Å². The van der Waals surface area contributed by atoms with Gasteiger partial charge in [0.25, 0.3) is 0 Å². The van der Waals surface area contributed by atoms with Crippen LogP contribution in [0.2, 0.25) is 0 Å². The first-order valence-corrected chi connectivity index (χ1v) is 20.0. The van der Waals surface area contributed by atoms with Crippen LogP contribution in [0.15, 0.2) is 200 Å². The normalized spacial score (nSPS) is 12.8. The van der Waals surface area contributed by atoms with E-state index in [9.17, 15) is 0 Å². The van der Waals surface area contributed by atoms with Crippen molar-refractivity contribution in [2.24, 2.45) is 0 Å². The smallest absolute Gasteiger partial charge is 0.160 e. The molecule has 10 aromatic rings. The van der Waals surface area contributed by atoms with E-state index in [2.05, 4.69) is 206 Å². The maximum Gasteiger partial charge on any atom is 0.160 e. The molecule has 2 heterocycles. The lowest BCUT2D eigenvalue weighted by atomic mass is 9.81. The van der Waals surface area contributed by atoms with Crippen molar-refractivity contribution in [1.29, 1.82) is 0 Å². The SMILES string of the molecule is CC1(C)c2cc(-c3ccc4c(c3)c3ccccc3n4-c3ccccc3)ccc2-c2c(-c3cccc(-c4nc(-c5ccccc5)cc(-c5ccccc5)n4)c3)cccc21. The van der Waals surface area contributed by atoms with Gasteiger partial charge in [-0.1, -0.05) is 166 Å². The van der Waals surface area contributed by atoms with Crippen molar-refractivity contribution in [3.05, 3.63) is 211 Å². The second kappa shape index (κ2) is 13.4. The highest BCUT2D eigenvalue weighted by molar-refractivity contribution is 6.10. The summed E-state index contributed by atoms with van der Waals surface area (Å²) in [4.78, 5) is 10.3. The van der Waals surface area contributed by atoms with Crippen LogP contribution < -0.4 is 0 Å².